The molecule has 3 aromatic heterocycles. The van der Waals surface area contributed by atoms with E-state index in [-0.39, 0.29) is 0 Å². The molecule has 106 valence electrons. The number of hydrogen-bond acceptors (Lipinski definition) is 3. The van der Waals surface area contributed by atoms with Gasteiger partial charge in [0.2, 0.25) is 0 Å². The fourth-order valence-electron chi connectivity index (χ4n) is 2.52. The average Bonchev–Trinajstić information content (AvgIpc) is 3.23. The summed E-state index contributed by atoms with van der Waals surface area (Å²) in [6, 6.07) is 5.97. The second-order valence-electron chi connectivity index (χ2n) is 5.34. The van der Waals surface area contributed by atoms with Crippen LogP contribution in [0.25, 0.3) is 22.2 Å². The Balaban J connectivity index is 1.87. The monoisotopic (exact) mass is 299 g/mol. The zero-order valence-corrected chi connectivity index (χ0v) is 12.3. The summed E-state index contributed by atoms with van der Waals surface area (Å²) < 4.78 is 8.07. The number of rotatable bonds is 3. The van der Waals surface area contributed by atoms with E-state index in [2.05, 4.69) is 20.6 Å². The molecule has 0 aromatic carbocycles. The van der Waals surface area contributed by atoms with Gasteiger partial charge in [0.1, 0.15) is 10.9 Å². The van der Waals surface area contributed by atoms with Crippen molar-refractivity contribution in [3.8, 4) is 17.0 Å². The van der Waals surface area contributed by atoms with Crippen LogP contribution in [0.3, 0.4) is 0 Å². The van der Waals surface area contributed by atoms with Crippen LogP contribution in [0.4, 0.5) is 0 Å². The molecular formula is C16H14ClN3O. The van der Waals surface area contributed by atoms with Gasteiger partial charge in [-0.3, -0.25) is 4.98 Å². The molecule has 0 aliphatic heterocycles. The molecule has 0 N–H and O–H groups in total. The lowest BCUT2D eigenvalue weighted by Gasteiger charge is -2.11. The Bertz CT molecular complexity index is 824. The molecule has 1 aliphatic carbocycles. The molecule has 5 heteroatoms. The SMILES string of the molecule is Cn1c(-c2ccncc2OC2CC2)cc2cc(Cl)ncc21. The van der Waals surface area contributed by atoms with Crippen molar-refractivity contribution >= 4 is 22.5 Å². The van der Waals surface area contributed by atoms with Crippen LogP contribution in [-0.4, -0.2) is 20.6 Å². The van der Waals surface area contributed by atoms with Gasteiger partial charge in [0.15, 0.2) is 0 Å². The third-order valence-electron chi connectivity index (χ3n) is 3.77. The van der Waals surface area contributed by atoms with Gasteiger partial charge in [0, 0.05) is 24.2 Å². The lowest BCUT2D eigenvalue weighted by molar-refractivity contribution is 0.303. The molecule has 3 aromatic rings. The molecule has 0 amide bonds. The lowest BCUT2D eigenvalue weighted by atomic mass is 10.1. The van der Waals surface area contributed by atoms with Gasteiger partial charge in [-0.25, -0.2) is 4.98 Å². The van der Waals surface area contributed by atoms with Crippen molar-refractivity contribution in [3.05, 3.63) is 41.9 Å². The van der Waals surface area contributed by atoms with Gasteiger partial charge < -0.3 is 9.30 Å². The number of fused-ring (bicyclic) bond motifs is 1. The van der Waals surface area contributed by atoms with E-state index in [0.29, 0.717) is 11.3 Å². The first-order valence-electron chi connectivity index (χ1n) is 6.94. The van der Waals surface area contributed by atoms with Crippen molar-refractivity contribution in [2.75, 3.05) is 0 Å². The van der Waals surface area contributed by atoms with Gasteiger partial charge in [-0.1, -0.05) is 11.6 Å². The van der Waals surface area contributed by atoms with E-state index in [1.807, 2.05) is 19.2 Å². The van der Waals surface area contributed by atoms with Crippen molar-refractivity contribution in [1.82, 2.24) is 14.5 Å². The summed E-state index contributed by atoms with van der Waals surface area (Å²) in [4.78, 5) is 8.34. The molecule has 1 aliphatic rings. The number of halogens is 1. The minimum absolute atomic E-state index is 0.346. The van der Waals surface area contributed by atoms with Crippen LogP contribution in [0.15, 0.2) is 36.8 Å². The second-order valence-corrected chi connectivity index (χ2v) is 5.73. The van der Waals surface area contributed by atoms with Crippen LogP contribution in [-0.2, 0) is 7.05 Å². The highest BCUT2D eigenvalue weighted by atomic mass is 35.5. The average molecular weight is 300 g/mol. The Morgan fingerprint density at radius 2 is 2.14 bits per heavy atom. The van der Waals surface area contributed by atoms with E-state index in [4.69, 9.17) is 16.3 Å². The molecule has 4 nitrogen and oxygen atoms in total. The fourth-order valence-corrected chi connectivity index (χ4v) is 2.68. The summed E-state index contributed by atoms with van der Waals surface area (Å²) in [6.45, 7) is 0. The van der Waals surface area contributed by atoms with Crippen molar-refractivity contribution in [2.45, 2.75) is 18.9 Å². The van der Waals surface area contributed by atoms with E-state index in [0.717, 1.165) is 40.8 Å². The summed E-state index contributed by atoms with van der Waals surface area (Å²) in [5, 5.41) is 1.57. The Morgan fingerprint density at radius 3 is 2.95 bits per heavy atom. The smallest absolute Gasteiger partial charge is 0.147 e. The molecule has 1 fully saturated rings. The Labute approximate surface area is 127 Å². The quantitative estimate of drug-likeness (QED) is 0.690. The molecule has 4 rings (SSSR count). The molecule has 1 saturated carbocycles. The normalized spacial score (nSPS) is 14.6. The van der Waals surface area contributed by atoms with E-state index in [1.165, 1.54) is 0 Å². The third kappa shape index (κ3) is 2.25. The first-order chi connectivity index (χ1) is 10.2. The summed E-state index contributed by atoms with van der Waals surface area (Å²) >= 11 is 5.98. The Kier molecular flexibility index (Phi) is 2.86. The molecule has 0 unspecified atom stereocenters. The highest BCUT2D eigenvalue weighted by Gasteiger charge is 2.25. The molecular weight excluding hydrogens is 286 g/mol. The van der Waals surface area contributed by atoms with Gasteiger partial charge in [-0.05, 0) is 31.0 Å². The van der Waals surface area contributed by atoms with E-state index in [1.54, 1.807) is 18.6 Å². The molecule has 0 saturated heterocycles. The van der Waals surface area contributed by atoms with Crippen LogP contribution in [0.5, 0.6) is 5.75 Å². The number of ether oxygens (including phenoxy) is 1. The van der Waals surface area contributed by atoms with E-state index >= 15 is 0 Å². The first-order valence-corrected chi connectivity index (χ1v) is 7.32. The third-order valence-corrected chi connectivity index (χ3v) is 3.98. The maximum absolute atomic E-state index is 5.98. The molecule has 0 spiro atoms. The standard InChI is InChI=1S/C16H14ClN3O/c1-20-13(6-10-7-16(17)19-8-14(10)20)12-4-5-18-9-15(12)21-11-2-3-11/h4-9,11H,2-3H2,1H3. The van der Waals surface area contributed by atoms with Gasteiger partial charge >= 0.3 is 0 Å². The minimum atomic E-state index is 0.346. The van der Waals surface area contributed by atoms with Gasteiger partial charge in [-0.15, -0.1) is 0 Å². The lowest BCUT2D eigenvalue weighted by Crippen LogP contribution is -2.00. The van der Waals surface area contributed by atoms with Crippen molar-refractivity contribution in [1.29, 1.82) is 0 Å². The van der Waals surface area contributed by atoms with Crippen molar-refractivity contribution in [3.63, 3.8) is 0 Å². The van der Waals surface area contributed by atoms with Crippen LogP contribution < -0.4 is 4.74 Å². The Hall–Kier alpha value is -2.07. The van der Waals surface area contributed by atoms with E-state index in [9.17, 15) is 0 Å². The number of aryl methyl sites for hydroxylation is 1. The maximum Gasteiger partial charge on any atom is 0.147 e. The molecule has 21 heavy (non-hydrogen) atoms. The largest absolute Gasteiger partial charge is 0.488 e. The molecule has 0 radical (unpaired) electrons. The fraction of sp³-hybridized carbons (Fsp3) is 0.250. The van der Waals surface area contributed by atoms with Crippen LogP contribution in [0.1, 0.15) is 12.8 Å². The number of hydrogen-bond donors (Lipinski definition) is 0. The van der Waals surface area contributed by atoms with Gasteiger partial charge in [0.05, 0.1) is 29.7 Å². The Morgan fingerprint density at radius 1 is 1.29 bits per heavy atom. The summed E-state index contributed by atoms with van der Waals surface area (Å²) in [5.74, 6) is 0.838. The minimum Gasteiger partial charge on any atom is -0.488 e. The van der Waals surface area contributed by atoms with Crippen LogP contribution in [0, 0.1) is 0 Å². The van der Waals surface area contributed by atoms with Gasteiger partial charge in [0.25, 0.3) is 0 Å². The summed E-state index contributed by atoms with van der Waals surface area (Å²) in [5.41, 5.74) is 3.17. The van der Waals surface area contributed by atoms with Gasteiger partial charge in [-0.2, -0.15) is 0 Å². The zero-order chi connectivity index (χ0) is 14.4. The van der Waals surface area contributed by atoms with Crippen molar-refractivity contribution < 1.29 is 4.74 Å². The highest BCUT2D eigenvalue weighted by Crippen LogP contribution is 2.36. The highest BCUT2D eigenvalue weighted by molar-refractivity contribution is 6.30. The number of pyridine rings is 2. The van der Waals surface area contributed by atoms with Crippen LogP contribution in [0.2, 0.25) is 5.15 Å². The predicted molar refractivity (Wildman–Crippen MR) is 82.6 cm³/mol. The van der Waals surface area contributed by atoms with E-state index < -0.39 is 0 Å². The molecule has 0 atom stereocenters. The zero-order valence-electron chi connectivity index (χ0n) is 11.6. The van der Waals surface area contributed by atoms with Crippen molar-refractivity contribution in [2.24, 2.45) is 7.05 Å². The second kappa shape index (κ2) is 4.74. The molecule has 0 bridgehead atoms. The van der Waals surface area contributed by atoms with Crippen LogP contribution >= 0.6 is 11.6 Å². The summed E-state index contributed by atoms with van der Waals surface area (Å²) in [7, 11) is 2.02. The predicted octanol–water partition coefficient (Wildman–Crippen LogP) is 3.83. The first kappa shape index (κ1) is 12.7. The number of nitrogens with zero attached hydrogens (tertiary/aromatic N) is 3. The maximum atomic E-state index is 5.98. The molecule has 3 heterocycles. The topological polar surface area (TPSA) is 39.9 Å². The summed E-state index contributed by atoms with van der Waals surface area (Å²) in [6.07, 6.45) is 7.98. The number of aromatic nitrogens is 3.